The molecule has 7 nitrogen and oxygen atoms in total. The third-order valence-corrected chi connectivity index (χ3v) is 3.38. The van der Waals surface area contributed by atoms with Crippen molar-refractivity contribution < 1.29 is 14.3 Å². The topological polar surface area (TPSA) is 103 Å². The molecular weight excluding hydrogens is 320 g/mol. The Bertz CT molecular complexity index is 797. The summed E-state index contributed by atoms with van der Waals surface area (Å²) in [7, 11) is 1.45. The van der Waals surface area contributed by atoms with Gasteiger partial charge in [-0.1, -0.05) is 6.07 Å². The Morgan fingerprint density at radius 3 is 2.20 bits per heavy atom. The number of nitrogens with one attached hydrogen (secondary N) is 3. The molecule has 0 saturated carbocycles. The highest BCUT2D eigenvalue weighted by Gasteiger charge is 2.12. The van der Waals surface area contributed by atoms with E-state index in [4.69, 9.17) is 10.00 Å². The number of carbonyl (C=O) groups is 2. The summed E-state index contributed by atoms with van der Waals surface area (Å²) in [5, 5.41) is 16.8. The summed E-state index contributed by atoms with van der Waals surface area (Å²) in [5.41, 5.74) is 2.15. The van der Waals surface area contributed by atoms with Crippen LogP contribution in [0.3, 0.4) is 0 Å². The molecular formula is C18H18N4O3. The highest BCUT2D eigenvalue weighted by Crippen LogP contribution is 2.16. The summed E-state index contributed by atoms with van der Waals surface area (Å²) in [6, 6.07) is 14.8. The minimum Gasteiger partial charge on any atom is -0.372 e. The second kappa shape index (κ2) is 8.47. The third-order valence-electron chi connectivity index (χ3n) is 3.38. The summed E-state index contributed by atoms with van der Waals surface area (Å²) < 4.78 is 4.95. The molecule has 1 atom stereocenters. The van der Waals surface area contributed by atoms with E-state index in [1.807, 2.05) is 6.07 Å². The van der Waals surface area contributed by atoms with Crippen molar-refractivity contribution in [2.24, 2.45) is 0 Å². The first-order valence-corrected chi connectivity index (χ1v) is 7.53. The van der Waals surface area contributed by atoms with Gasteiger partial charge in [0, 0.05) is 24.2 Å². The molecule has 25 heavy (non-hydrogen) atoms. The van der Waals surface area contributed by atoms with Crippen LogP contribution in [0.4, 0.5) is 21.9 Å². The second-order valence-electron chi connectivity index (χ2n) is 5.22. The molecule has 3 amide bonds. The number of nitriles is 1. The number of hydrogen-bond donors (Lipinski definition) is 3. The van der Waals surface area contributed by atoms with Crippen LogP contribution in [0, 0.1) is 11.3 Å². The first-order chi connectivity index (χ1) is 12.0. The lowest BCUT2D eigenvalue weighted by Crippen LogP contribution is -2.26. The fourth-order valence-electron chi connectivity index (χ4n) is 1.95. The summed E-state index contributed by atoms with van der Waals surface area (Å²) >= 11 is 0. The van der Waals surface area contributed by atoms with E-state index in [2.05, 4.69) is 16.0 Å². The standard InChI is InChI=1S/C18H18N4O3/c1-12(25-2)17(23)20-15-4-3-5-16(10-15)22-18(24)21-14-8-6-13(11-19)7-9-14/h3-10,12H,1-2H3,(H,20,23)(H2,21,22,24). The molecule has 3 N–H and O–H groups in total. The van der Waals surface area contributed by atoms with Crippen molar-refractivity contribution in [2.75, 3.05) is 23.1 Å². The number of hydrogen-bond acceptors (Lipinski definition) is 4. The largest absolute Gasteiger partial charge is 0.372 e. The van der Waals surface area contributed by atoms with Crippen LogP contribution in [-0.4, -0.2) is 25.2 Å². The van der Waals surface area contributed by atoms with Crippen molar-refractivity contribution in [3.8, 4) is 6.07 Å². The Kier molecular flexibility index (Phi) is 6.09. The van der Waals surface area contributed by atoms with Gasteiger partial charge in [0.05, 0.1) is 11.6 Å². The molecule has 0 radical (unpaired) electrons. The molecule has 0 fully saturated rings. The van der Waals surface area contributed by atoms with Crippen molar-refractivity contribution in [2.45, 2.75) is 13.0 Å². The highest BCUT2D eigenvalue weighted by atomic mass is 16.5. The number of benzene rings is 2. The number of anilines is 3. The molecule has 0 spiro atoms. The molecule has 0 saturated heterocycles. The summed E-state index contributed by atoms with van der Waals surface area (Å²) in [4.78, 5) is 23.8. The maximum atomic E-state index is 12.0. The van der Waals surface area contributed by atoms with E-state index in [0.29, 0.717) is 22.6 Å². The summed E-state index contributed by atoms with van der Waals surface area (Å²) in [6.07, 6.45) is -0.573. The Balaban J connectivity index is 1.97. The van der Waals surface area contributed by atoms with Gasteiger partial charge >= 0.3 is 6.03 Å². The van der Waals surface area contributed by atoms with E-state index in [9.17, 15) is 9.59 Å². The SMILES string of the molecule is COC(C)C(=O)Nc1cccc(NC(=O)Nc2ccc(C#N)cc2)c1. The van der Waals surface area contributed by atoms with Gasteiger partial charge in [-0.2, -0.15) is 5.26 Å². The highest BCUT2D eigenvalue weighted by molar-refractivity contribution is 6.00. The van der Waals surface area contributed by atoms with Gasteiger partial charge < -0.3 is 20.7 Å². The van der Waals surface area contributed by atoms with Crippen LogP contribution in [0.25, 0.3) is 0 Å². The van der Waals surface area contributed by atoms with Gasteiger partial charge in [0.25, 0.3) is 5.91 Å². The van der Waals surface area contributed by atoms with E-state index < -0.39 is 12.1 Å². The zero-order valence-corrected chi connectivity index (χ0v) is 13.9. The summed E-state index contributed by atoms with van der Waals surface area (Å²) in [5.74, 6) is -0.276. The van der Waals surface area contributed by atoms with Crippen molar-refractivity contribution in [3.63, 3.8) is 0 Å². The first-order valence-electron chi connectivity index (χ1n) is 7.53. The van der Waals surface area contributed by atoms with Gasteiger partial charge in [-0.15, -0.1) is 0 Å². The lowest BCUT2D eigenvalue weighted by atomic mass is 10.2. The van der Waals surface area contributed by atoms with Crippen LogP contribution in [0.5, 0.6) is 0 Å². The van der Waals surface area contributed by atoms with Gasteiger partial charge in [-0.3, -0.25) is 4.79 Å². The molecule has 0 aliphatic heterocycles. The third kappa shape index (κ3) is 5.34. The average molecular weight is 338 g/mol. The van der Waals surface area contributed by atoms with Crippen LogP contribution in [0.1, 0.15) is 12.5 Å². The van der Waals surface area contributed by atoms with Crippen LogP contribution >= 0.6 is 0 Å². The van der Waals surface area contributed by atoms with Gasteiger partial charge in [0.2, 0.25) is 0 Å². The molecule has 2 aromatic carbocycles. The van der Waals surface area contributed by atoms with E-state index in [1.54, 1.807) is 55.5 Å². The smallest absolute Gasteiger partial charge is 0.323 e. The fraction of sp³-hybridized carbons (Fsp3) is 0.167. The van der Waals surface area contributed by atoms with Crippen LogP contribution in [0.2, 0.25) is 0 Å². The Labute approximate surface area is 145 Å². The number of amides is 3. The minimum atomic E-state index is -0.573. The zero-order chi connectivity index (χ0) is 18.2. The van der Waals surface area contributed by atoms with Gasteiger partial charge in [0.15, 0.2) is 0 Å². The minimum absolute atomic E-state index is 0.276. The number of carbonyl (C=O) groups excluding carboxylic acids is 2. The molecule has 0 aliphatic rings. The number of ether oxygens (including phenoxy) is 1. The van der Waals surface area contributed by atoms with Crippen molar-refractivity contribution >= 4 is 29.0 Å². The Hall–Kier alpha value is -3.37. The van der Waals surface area contributed by atoms with E-state index in [-0.39, 0.29) is 5.91 Å². The number of rotatable bonds is 5. The van der Waals surface area contributed by atoms with Crippen LogP contribution in [0.15, 0.2) is 48.5 Å². The molecule has 2 aromatic rings. The second-order valence-corrected chi connectivity index (χ2v) is 5.22. The van der Waals surface area contributed by atoms with Gasteiger partial charge in [-0.05, 0) is 49.4 Å². The lowest BCUT2D eigenvalue weighted by molar-refractivity contribution is -0.124. The van der Waals surface area contributed by atoms with Crippen LogP contribution < -0.4 is 16.0 Å². The first kappa shape index (κ1) is 18.0. The monoisotopic (exact) mass is 338 g/mol. The fourth-order valence-corrected chi connectivity index (χ4v) is 1.95. The maximum Gasteiger partial charge on any atom is 0.323 e. The predicted molar refractivity (Wildman–Crippen MR) is 95.3 cm³/mol. The molecule has 0 heterocycles. The molecule has 0 bridgehead atoms. The molecule has 128 valence electrons. The van der Waals surface area contributed by atoms with Crippen molar-refractivity contribution in [1.82, 2.24) is 0 Å². The normalized spacial score (nSPS) is 11.1. The Morgan fingerprint density at radius 1 is 1.00 bits per heavy atom. The van der Waals surface area contributed by atoms with Gasteiger partial charge in [0.1, 0.15) is 6.10 Å². The maximum absolute atomic E-state index is 12.0. The van der Waals surface area contributed by atoms with Crippen LogP contribution in [-0.2, 0) is 9.53 Å². The van der Waals surface area contributed by atoms with Crippen molar-refractivity contribution in [1.29, 1.82) is 5.26 Å². The number of urea groups is 1. The van der Waals surface area contributed by atoms with E-state index in [1.165, 1.54) is 7.11 Å². The van der Waals surface area contributed by atoms with Crippen molar-refractivity contribution in [3.05, 3.63) is 54.1 Å². The molecule has 2 rings (SSSR count). The number of nitrogens with zero attached hydrogens (tertiary/aromatic N) is 1. The molecule has 1 unspecified atom stereocenters. The molecule has 7 heteroatoms. The number of methoxy groups -OCH3 is 1. The summed E-state index contributed by atoms with van der Waals surface area (Å²) in [6.45, 7) is 1.64. The average Bonchev–Trinajstić information content (AvgIpc) is 2.61. The zero-order valence-electron chi connectivity index (χ0n) is 13.9. The van der Waals surface area contributed by atoms with E-state index in [0.717, 1.165) is 0 Å². The molecule has 0 aliphatic carbocycles. The molecule has 0 aromatic heterocycles. The predicted octanol–water partition coefficient (Wildman–Crippen LogP) is 3.18. The lowest BCUT2D eigenvalue weighted by Gasteiger charge is -2.12. The van der Waals surface area contributed by atoms with E-state index >= 15 is 0 Å². The van der Waals surface area contributed by atoms with Gasteiger partial charge in [-0.25, -0.2) is 4.79 Å². The quantitative estimate of drug-likeness (QED) is 0.779. The Morgan fingerprint density at radius 2 is 1.60 bits per heavy atom.